The zero-order chi connectivity index (χ0) is 13.7. The molecule has 0 radical (unpaired) electrons. The summed E-state index contributed by atoms with van der Waals surface area (Å²) in [5.41, 5.74) is 1.90. The predicted molar refractivity (Wildman–Crippen MR) is 72.9 cm³/mol. The van der Waals surface area contributed by atoms with E-state index in [1.165, 1.54) is 0 Å². The summed E-state index contributed by atoms with van der Waals surface area (Å²) in [5.74, 6) is 2.10. The highest BCUT2D eigenvalue weighted by Gasteiger charge is 2.03. The summed E-state index contributed by atoms with van der Waals surface area (Å²) in [7, 11) is 3.25. The van der Waals surface area contributed by atoms with E-state index in [-0.39, 0.29) is 0 Å². The molecule has 0 aliphatic carbocycles. The largest absolute Gasteiger partial charge is 0.497 e. The number of benzene rings is 1. The molecule has 1 aromatic carbocycles. The lowest BCUT2D eigenvalue weighted by Gasteiger charge is -2.09. The second-order valence-electron chi connectivity index (χ2n) is 4.13. The first-order valence-electron chi connectivity index (χ1n) is 5.99. The summed E-state index contributed by atoms with van der Waals surface area (Å²) in [5, 5.41) is 0. The van der Waals surface area contributed by atoms with Crippen LogP contribution in [-0.4, -0.2) is 19.2 Å². The van der Waals surface area contributed by atoms with Crippen LogP contribution in [0.3, 0.4) is 0 Å². The zero-order valence-corrected chi connectivity index (χ0v) is 11.3. The SMILES string of the molecule is COc1cc(COc2cccc(C)n2)cc(OC)c1. The van der Waals surface area contributed by atoms with Crippen molar-refractivity contribution in [2.75, 3.05) is 14.2 Å². The van der Waals surface area contributed by atoms with E-state index in [1.54, 1.807) is 14.2 Å². The molecule has 0 atom stereocenters. The van der Waals surface area contributed by atoms with Crippen LogP contribution in [0.1, 0.15) is 11.3 Å². The normalized spacial score (nSPS) is 10.1. The molecular weight excluding hydrogens is 242 g/mol. The van der Waals surface area contributed by atoms with E-state index in [4.69, 9.17) is 14.2 Å². The van der Waals surface area contributed by atoms with Gasteiger partial charge in [-0.1, -0.05) is 6.07 Å². The lowest BCUT2D eigenvalue weighted by atomic mass is 10.2. The lowest BCUT2D eigenvalue weighted by Crippen LogP contribution is -1.99. The van der Waals surface area contributed by atoms with Crippen LogP contribution < -0.4 is 14.2 Å². The number of aromatic nitrogens is 1. The topological polar surface area (TPSA) is 40.6 Å². The van der Waals surface area contributed by atoms with Crippen molar-refractivity contribution in [3.63, 3.8) is 0 Å². The van der Waals surface area contributed by atoms with E-state index in [0.717, 1.165) is 22.8 Å². The Bertz CT molecular complexity index is 533. The van der Waals surface area contributed by atoms with E-state index in [1.807, 2.05) is 43.3 Å². The molecule has 2 rings (SSSR count). The highest BCUT2D eigenvalue weighted by Crippen LogP contribution is 2.23. The van der Waals surface area contributed by atoms with Crippen LogP contribution in [0.2, 0.25) is 0 Å². The van der Waals surface area contributed by atoms with Gasteiger partial charge in [-0.05, 0) is 30.7 Å². The van der Waals surface area contributed by atoms with Crippen LogP contribution >= 0.6 is 0 Å². The number of ether oxygens (including phenoxy) is 3. The van der Waals surface area contributed by atoms with Crippen LogP contribution in [0, 0.1) is 6.92 Å². The van der Waals surface area contributed by atoms with Gasteiger partial charge in [-0.15, -0.1) is 0 Å². The number of hydrogen-bond donors (Lipinski definition) is 0. The average Bonchev–Trinajstić information content (AvgIpc) is 2.44. The van der Waals surface area contributed by atoms with Gasteiger partial charge in [-0.2, -0.15) is 0 Å². The van der Waals surface area contributed by atoms with Gasteiger partial charge in [0.1, 0.15) is 18.1 Å². The molecule has 1 heterocycles. The summed E-state index contributed by atoms with van der Waals surface area (Å²) in [4.78, 5) is 4.29. The molecule has 2 aromatic rings. The van der Waals surface area contributed by atoms with Gasteiger partial charge in [0.25, 0.3) is 0 Å². The summed E-state index contributed by atoms with van der Waals surface area (Å²) in [6, 6.07) is 11.3. The maximum Gasteiger partial charge on any atom is 0.213 e. The number of methoxy groups -OCH3 is 2. The number of hydrogen-bond acceptors (Lipinski definition) is 4. The Hall–Kier alpha value is -2.23. The Morgan fingerprint density at radius 2 is 1.68 bits per heavy atom. The molecule has 0 spiro atoms. The van der Waals surface area contributed by atoms with Crippen molar-refractivity contribution in [1.82, 2.24) is 4.98 Å². The minimum atomic E-state index is 0.421. The van der Waals surface area contributed by atoms with Crippen molar-refractivity contribution in [2.45, 2.75) is 13.5 Å². The molecule has 0 bridgehead atoms. The smallest absolute Gasteiger partial charge is 0.213 e. The maximum atomic E-state index is 5.65. The Morgan fingerprint density at radius 1 is 1.00 bits per heavy atom. The highest BCUT2D eigenvalue weighted by atomic mass is 16.5. The van der Waals surface area contributed by atoms with Gasteiger partial charge < -0.3 is 14.2 Å². The van der Waals surface area contributed by atoms with Gasteiger partial charge in [0.05, 0.1) is 14.2 Å². The molecule has 1 aromatic heterocycles. The Balaban J connectivity index is 2.10. The Morgan fingerprint density at radius 3 is 2.26 bits per heavy atom. The number of nitrogens with zero attached hydrogens (tertiary/aromatic N) is 1. The lowest BCUT2D eigenvalue weighted by molar-refractivity contribution is 0.291. The fourth-order valence-corrected chi connectivity index (χ4v) is 1.71. The third-order valence-electron chi connectivity index (χ3n) is 2.66. The quantitative estimate of drug-likeness (QED) is 0.827. The molecule has 100 valence electrons. The van der Waals surface area contributed by atoms with Crippen LogP contribution in [0.25, 0.3) is 0 Å². The van der Waals surface area contributed by atoms with Crippen LogP contribution in [0.5, 0.6) is 17.4 Å². The molecule has 0 saturated heterocycles. The van der Waals surface area contributed by atoms with E-state index < -0.39 is 0 Å². The van der Waals surface area contributed by atoms with Gasteiger partial charge in [0.2, 0.25) is 5.88 Å². The van der Waals surface area contributed by atoms with Crippen LogP contribution in [0.15, 0.2) is 36.4 Å². The van der Waals surface area contributed by atoms with Crippen molar-refractivity contribution < 1.29 is 14.2 Å². The van der Waals surface area contributed by atoms with Crippen molar-refractivity contribution >= 4 is 0 Å². The molecule has 0 aliphatic heterocycles. The molecule has 0 aliphatic rings. The number of pyridine rings is 1. The standard InChI is InChI=1S/C15H17NO3/c1-11-5-4-6-15(16-11)19-10-12-7-13(17-2)9-14(8-12)18-3/h4-9H,10H2,1-3H3. The van der Waals surface area contributed by atoms with Gasteiger partial charge >= 0.3 is 0 Å². The minimum absolute atomic E-state index is 0.421. The molecule has 0 fully saturated rings. The first-order chi connectivity index (χ1) is 9.21. The molecule has 4 heteroatoms. The van der Waals surface area contributed by atoms with Gasteiger partial charge in [0.15, 0.2) is 0 Å². The maximum absolute atomic E-state index is 5.65. The zero-order valence-electron chi connectivity index (χ0n) is 11.3. The van der Waals surface area contributed by atoms with E-state index in [2.05, 4.69) is 4.98 Å². The first-order valence-corrected chi connectivity index (χ1v) is 5.99. The molecular formula is C15H17NO3. The molecule has 0 N–H and O–H groups in total. The second-order valence-corrected chi connectivity index (χ2v) is 4.13. The van der Waals surface area contributed by atoms with Crippen molar-refractivity contribution in [1.29, 1.82) is 0 Å². The van der Waals surface area contributed by atoms with Crippen LogP contribution in [0.4, 0.5) is 0 Å². The molecule has 0 saturated carbocycles. The summed E-state index contributed by atoms with van der Waals surface area (Å²) >= 11 is 0. The highest BCUT2D eigenvalue weighted by molar-refractivity contribution is 5.38. The van der Waals surface area contributed by atoms with Gasteiger partial charge in [-0.25, -0.2) is 4.98 Å². The third-order valence-corrected chi connectivity index (χ3v) is 2.66. The predicted octanol–water partition coefficient (Wildman–Crippen LogP) is 2.99. The molecule has 19 heavy (non-hydrogen) atoms. The Labute approximate surface area is 113 Å². The molecule has 4 nitrogen and oxygen atoms in total. The van der Waals surface area contributed by atoms with E-state index in [9.17, 15) is 0 Å². The number of aryl methyl sites for hydroxylation is 1. The van der Waals surface area contributed by atoms with Crippen molar-refractivity contribution in [3.8, 4) is 17.4 Å². The summed E-state index contributed by atoms with van der Waals surface area (Å²) < 4.78 is 16.1. The first kappa shape index (κ1) is 13.2. The summed E-state index contributed by atoms with van der Waals surface area (Å²) in [6.07, 6.45) is 0. The van der Waals surface area contributed by atoms with Crippen molar-refractivity contribution in [2.24, 2.45) is 0 Å². The number of rotatable bonds is 5. The fourth-order valence-electron chi connectivity index (χ4n) is 1.71. The third kappa shape index (κ3) is 3.61. The molecule has 0 unspecified atom stereocenters. The van der Waals surface area contributed by atoms with Crippen molar-refractivity contribution in [3.05, 3.63) is 47.7 Å². The minimum Gasteiger partial charge on any atom is -0.497 e. The van der Waals surface area contributed by atoms with E-state index in [0.29, 0.717) is 12.5 Å². The monoisotopic (exact) mass is 259 g/mol. The molecule has 0 amide bonds. The Kier molecular flexibility index (Phi) is 4.23. The van der Waals surface area contributed by atoms with Crippen LogP contribution in [-0.2, 0) is 6.61 Å². The summed E-state index contributed by atoms with van der Waals surface area (Å²) in [6.45, 7) is 2.35. The fraction of sp³-hybridized carbons (Fsp3) is 0.267. The van der Waals surface area contributed by atoms with Gasteiger partial charge in [-0.3, -0.25) is 0 Å². The average molecular weight is 259 g/mol. The second kappa shape index (κ2) is 6.09. The van der Waals surface area contributed by atoms with Gasteiger partial charge in [0, 0.05) is 17.8 Å². The van der Waals surface area contributed by atoms with E-state index >= 15 is 0 Å².